The van der Waals surface area contributed by atoms with Crippen molar-refractivity contribution in [2.45, 2.75) is 30.6 Å². The molecule has 3 rings (SSSR count). The number of H-pyrrole nitrogens is 1. The predicted molar refractivity (Wildman–Crippen MR) is 110 cm³/mol. The molecule has 0 fully saturated rings. The van der Waals surface area contributed by atoms with Crippen LogP contribution in [0.4, 0.5) is 4.39 Å². The number of carbonyl (C=O) groups excluding carboxylic acids is 1. The Kier molecular flexibility index (Phi) is 7.19. The second-order valence-electron chi connectivity index (χ2n) is 6.39. The Hall–Kier alpha value is -2.67. The quantitative estimate of drug-likeness (QED) is 0.425. The smallest absolute Gasteiger partial charge is 0.258 e. The van der Waals surface area contributed by atoms with Crippen molar-refractivity contribution in [2.75, 3.05) is 12.3 Å². The van der Waals surface area contributed by atoms with E-state index in [-0.39, 0.29) is 17.3 Å². The number of aromatic amines is 1. The highest BCUT2D eigenvalue weighted by atomic mass is 32.2. The molecule has 2 aromatic carbocycles. The van der Waals surface area contributed by atoms with Crippen LogP contribution < -0.4 is 10.9 Å². The molecule has 1 amide bonds. The van der Waals surface area contributed by atoms with E-state index >= 15 is 0 Å². The molecule has 0 spiro atoms. The molecule has 3 aromatic rings. The Balaban J connectivity index is 1.33. The number of halogens is 1. The van der Waals surface area contributed by atoms with Crippen LogP contribution in [0.25, 0.3) is 10.9 Å². The number of para-hydroxylation sites is 1. The van der Waals surface area contributed by atoms with Gasteiger partial charge in [-0.2, -0.15) is 0 Å². The highest BCUT2D eigenvalue weighted by molar-refractivity contribution is 7.99. The minimum Gasteiger partial charge on any atom is -0.356 e. The Labute approximate surface area is 166 Å². The Morgan fingerprint density at radius 2 is 1.89 bits per heavy atom. The molecule has 1 heterocycles. The number of hydrogen-bond acceptors (Lipinski definition) is 4. The number of fused-ring (bicyclic) bond motifs is 1. The fraction of sp³-hybridized carbons (Fsp3) is 0.286. The van der Waals surface area contributed by atoms with E-state index in [4.69, 9.17) is 0 Å². The molecule has 28 heavy (non-hydrogen) atoms. The molecule has 0 radical (unpaired) electrons. The van der Waals surface area contributed by atoms with E-state index in [1.165, 1.54) is 12.1 Å². The molecule has 0 aliphatic heterocycles. The molecule has 0 saturated heterocycles. The van der Waals surface area contributed by atoms with Crippen molar-refractivity contribution in [2.24, 2.45) is 0 Å². The first-order valence-corrected chi connectivity index (χ1v) is 10.2. The first kappa shape index (κ1) is 20.1. The summed E-state index contributed by atoms with van der Waals surface area (Å²) >= 11 is 1.64. The third-order valence-corrected chi connectivity index (χ3v) is 5.30. The Morgan fingerprint density at radius 1 is 1.11 bits per heavy atom. The van der Waals surface area contributed by atoms with Gasteiger partial charge in [0.2, 0.25) is 5.91 Å². The van der Waals surface area contributed by atoms with Crippen LogP contribution >= 0.6 is 11.8 Å². The molecule has 5 nitrogen and oxygen atoms in total. The van der Waals surface area contributed by atoms with Crippen molar-refractivity contribution in [1.29, 1.82) is 0 Å². The summed E-state index contributed by atoms with van der Waals surface area (Å²) in [4.78, 5) is 32.2. The van der Waals surface area contributed by atoms with Gasteiger partial charge in [-0.1, -0.05) is 12.1 Å². The molecule has 1 aromatic heterocycles. The molecule has 0 aliphatic rings. The maximum absolute atomic E-state index is 12.8. The van der Waals surface area contributed by atoms with E-state index in [1.54, 1.807) is 36.0 Å². The average molecular weight is 399 g/mol. The van der Waals surface area contributed by atoms with E-state index in [2.05, 4.69) is 15.3 Å². The van der Waals surface area contributed by atoms with E-state index in [0.717, 1.165) is 17.1 Å². The zero-order valence-corrected chi connectivity index (χ0v) is 16.2. The second kappa shape index (κ2) is 10.0. The van der Waals surface area contributed by atoms with Crippen molar-refractivity contribution in [3.63, 3.8) is 0 Å². The lowest BCUT2D eigenvalue weighted by Gasteiger charge is -2.06. The normalized spacial score (nSPS) is 10.9. The summed E-state index contributed by atoms with van der Waals surface area (Å²) in [7, 11) is 0. The number of nitrogens with zero attached hydrogens (tertiary/aromatic N) is 1. The lowest BCUT2D eigenvalue weighted by Crippen LogP contribution is -2.24. The van der Waals surface area contributed by atoms with Gasteiger partial charge < -0.3 is 10.3 Å². The number of benzene rings is 2. The number of nitrogens with one attached hydrogen (secondary N) is 2. The largest absolute Gasteiger partial charge is 0.356 e. The van der Waals surface area contributed by atoms with Gasteiger partial charge in [0.25, 0.3) is 5.56 Å². The number of amides is 1. The van der Waals surface area contributed by atoms with E-state index in [1.807, 2.05) is 12.1 Å². The lowest BCUT2D eigenvalue weighted by atomic mass is 10.2. The maximum Gasteiger partial charge on any atom is 0.258 e. The highest BCUT2D eigenvalue weighted by Crippen LogP contribution is 2.18. The van der Waals surface area contributed by atoms with E-state index in [0.29, 0.717) is 42.5 Å². The van der Waals surface area contributed by atoms with Crippen LogP contribution in [0.2, 0.25) is 0 Å². The molecule has 0 bridgehead atoms. The third kappa shape index (κ3) is 5.92. The van der Waals surface area contributed by atoms with Crippen molar-refractivity contribution in [3.8, 4) is 0 Å². The fourth-order valence-electron chi connectivity index (χ4n) is 2.78. The SMILES string of the molecule is O=C(CCCc1nc2ccccc2c(=O)[nH]1)NCCCSc1ccc(F)cc1. The zero-order chi connectivity index (χ0) is 19.8. The highest BCUT2D eigenvalue weighted by Gasteiger charge is 2.05. The molecule has 7 heteroatoms. The van der Waals surface area contributed by atoms with Gasteiger partial charge in [0, 0.05) is 24.3 Å². The molecule has 0 aliphatic carbocycles. The molecule has 2 N–H and O–H groups in total. The first-order valence-electron chi connectivity index (χ1n) is 9.25. The van der Waals surface area contributed by atoms with Crippen molar-refractivity contribution < 1.29 is 9.18 Å². The monoisotopic (exact) mass is 399 g/mol. The summed E-state index contributed by atoms with van der Waals surface area (Å²) in [5.41, 5.74) is 0.521. The van der Waals surface area contributed by atoms with Gasteiger partial charge in [0.15, 0.2) is 0 Å². The minimum atomic E-state index is -0.237. The van der Waals surface area contributed by atoms with Crippen LogP contribution in [-0.2, 0) is 11.2 Å². The number of aryl methyl sites for hydroxylation is 1. The average Bonchev–Trinajstić information content (AvgIpc) is 2.69. The van der Waals surface area contributed by atoms with Crippen LogP contribution in [0.1, 0.15) is 25.1 Å². The van der Waals surface area contributed by atoms with Gasteiger partial charge >= 0.3 is 0 Å². The van der Waals surface area contributed by atoms with Crippen LogP contribution in [0.5, 0.6) is 0 Å². The molecular formula is C21H22FN3O2S. The van der Waals surface area contributed by atoms with Crippen LogP contribution in [0.15, 0.2) is 58.2 Å². The summed E-state index contributed by atoms with van der Waals surface area (Å²) in [5, 5.41) is 3.47. The van der Waals surface area contributed by atoms with Gasteiger partial charge in [-0.05, 0) is 55.0 Å². The van der Waals surface area contributed by atoms with Crippen molar-refractivity contribution in [1.82, 2.24) is 15.3 Å². The van der Waals surface area contributed by atoms with Gasteiger partial charge in [-0.25, -0.2) is 9.37 Å². The number of thioether (sulfide) groups is 1. The Bertz CT molecular complexity index is 989. The standard InChI is InChI=1S/C21H22FN3O2S/c22-15-9-11-16(12-10-15)28-14-4-13-23-20(26)8-3-7-19-24-18-6-2-1-5-17(18)21(27)25-19/h1-2,5-6,9-12H,3-4,7-8,13-14H2,(H,23,26)(H,24,25,27). The molecular weight excluding hydrogens is 377 g/mol. The van der Waals surface area contributed by atoms with Crippen molar-refractivity contribution in [3.05, 3.63) is 70.5 Å². The summed E-state index contributed by atoms with van der Waals surface area (Å²) in [6.45, 7) is 0.609. The minimum absolute atomic E-state index is 0.00471. The van der Waals surface area contributed by atoms with Gasteiger partial charge in [0.05, 0.1) is 10.9 Å². The molecule has 0 saturated carbocycles. The molecule has 0 unspecified atom stereocenters. The topological polar surface area (TPSA) is 74.8 Å². The first-order chi connectivity index (χ1) is 13.6. The van der Waals surface area contributed by atoms with E-state index < -0.39 is 0 Å². The number of aromatic nitrogens is 2. The van der Waals surface area contributed by atoms with Crippen LogP contribution in [0, 0.1) is 5.82 Å². The third-order valence-electron chi connectivity index (χ3n) is 4.20. The molecule has 0 atom stereocenters. The fourth-order valence-corrected chi connectivity index (χ4v) is 3.63. The van der Waals surface area contributed by atoms with Crippen LogP contribution in [-0.4, -0.2) is 28.2 Å². The zero-order valence-electron chi connectivity index (χ0n) is 15.4. The van der Waals surface area contributed by atoms with E-state index in [9.17, 15) is 14.0 Å². The number of carbonyl (C=O) groups is 1. The summed E-state index contributed by atoms with van der Waals surface area (Å²) in [5.74, 6) is 1.22. The summed E-state index contributed by atoms with van der Waals surface area (Å²) in [6, 6.07) is 13.6. The second-order valence-corrected chi connectivity index (χ2v) is 7.56. The summed E-state index contributed by atoms with van der Waals surface area (Å²) < 4.78 is 12.8. The maximum atomic E-state index is 12.8. The van der Waals surface area contributed by atoms with Crippen LogP contribution in [0.3, 0.4) is 0 Å². The number of rotatable bonds is 9. The van der Waals surface area contributed by atoms with Crippen molar-refractivity contribution >= 4 is 28.6 Å². The lowest BCUT2D eigenvalue weighted by molar-refractivity contribution is -0.121. The summed E-state index contributed by atoms with van der Waals surface area (Å²) in [6.07, 6.45) is 2.40. The predicted octanol–water partition coefficient (Wildman–Crippen LogP) is 3.68. The van der Waals surface area contributed by atoms with Gasteiger partial charge in [-0.15, -0.1) is 11.8 Å². The van der Waals surface area contributed by atoms with Gasteiger partial charge in [-0.3, -0.25) is 9.59 Å². The van der Waals surface area contributed by atoms with Gasteiger partial charge in [0.1, 0.15) is 11.6 Å². The molecule has 146 valence electrons. The Morgan fingerprint density at radius 3 is 2.71 bits per heavy atom. The number of hydrogen-bond donors (Lipinski definition) is 2.